The first kappa shape index (κ1) is 14.4. The quantitative estimate of drug-likeness (QED) is 0.918. The van der Waals surface area contributed by atoms with E-state index in [-0.39, 0.29) is 0 Å². The fraction of sp³-hybridized carbons (Fsp3) is 0.588. The standard InChI is InChI=1S/C17H25N3O/c1-13(2)11-20-17-9-16(4-3-15(17)10-19-20)21-12-14-5-7-18-8-6-14/h3-4,9-10,13-14,18H,5-8,11-12H2,1-2H3. The highest BCUT2D eigenvalue weighted by atomic mass is 16.5. The molecule has 0 saturated carbocycles. The number of piperidine rings is 1. The van der Waals surface area contributed by atoms with Gasteiger partial charge >= 0.3 is 0 Å². The van der Waals surface area contributed by atoms with Gasteiger partial charge in [-0.15, -0.1) is 0 Å². The first-order chi connectivity index (χ1) is 10.2. The van der Waals surface area contributed by atoms with Crippen LogP contribution >= 0.6 is 0 Å². The summed E-state index contributed by atoms with van der Waals surface area (Å²) in [6, 6.07) is 6.30. The van der Waals surface area contributed by atoms with E-state index >= 15 is 0 Å². The van der Waals surface area contributed by atoms with Gasteiger partial charge in [0.15, 0.2) is 0 Å². The van der Waals surface area contributed by atoms with Crippen molar-refractivity contribution < 1.29 is 4.74 Å². The maximum atomic E-state index is 6.01. The lowest BCUT2D eigenvalue weighted by atomic mass is 9.99. The van der Waals surface area contributed by atoms with Crippen LogP contribution in [-0.4, -0.2) is 29.5 Å². The molecular weight excluding hydrogens is 262 g/mol. The van der Waals surface area contributed by atoms with Gasteiger partial charge in [0, 0.05) is 18.0 Å². The van der Waals surface area contributed by atoms with Crippen LogP contribution in [0.15, 0.2) is 24.4 Å². The number of nitrogens with one attached hydrogen (secondary N) is 1. The monoisotopic (exact) mass is 287 g/mol. The molecule has 4 nitrogen and oxygen atoms in total. The van der Waals surface area contributed by atoms with Crippen LogP contribution in [0.5, 0.6) is 5.75 Å². The lowest BCUT2D eigenvalue weighted by molar-refractivity contribution is 0.215. The SMILES string of the molecule is CC(C)Cn1ncc2ccc(OCC3CCNCC3)cc21. The minimum absolute atomic E-state index is 0.590. The lowest BCUT2D eigenvalue weighted by Gasteiger charge is -2.22. The zero-order valence-electron chi connectivity index (χ0n) is 13.0. The second-order valence-corrected chi connectivity index (χ2v) is 6.45. The normalized spacial score (nSPS) is 16.7. The first-order valence-corrected chi connectivity index (χ1v) is 8.01. The molecule has 1 aromatic carbocycles. The molecule has 1 N–H and O–H groups in total. The summed E-state index contributed by atoms with van der Waals surface area (Å²) < 4.78 is 8.09. The van der Waals surface area contributed by atoms with Gasteiger partial charge in [-0.1, -0.05) is 13.8 Å². The summed E-state index contributed by atoms with van der Waals surface area (Å²) in [4.78, 5) is 0. The molecule has 114 valence electrons. The van der Waals surface area contributed by atoms with Crippen molar-refractivity contribution in [2.75, 3.05) is 19.7 Å². The predicted molar refractivity (Wildman–Crippen MR) is 85.7 cm³/mol. The first-order valence-electron chi connectivity index (χ1n) is 8.01. The van der Waals surface area contributed by atoms with Crippen LogP contribution in [0.1, 0.15) is 26.7 Å². The van der Waals surface area contributed by atoms with Gasteiger partial charge in [0.25, 0.3) is 0 Å². The number of ether oxygens (including phenoxy) is 1. The minimum Gasteiger partial charge on any atom is -0.493 e. The van der Waals surface area contributed by atoms with Crippen LogP contribution in [0.4, 0.5) is 0 Å². The molecule has 0 amide bonds. The third-order valence-electron chi connectivity index (χ3n) is 4.10. The zero-order valence-corrected chi connectivity index (χ0v) is 13.0. The number of rotatable bonds is 5. The summed E-state index contributed by atoms with van der Waals surface area (Å²) in [6.07, 6.45) is 4.37. The molecule has 0 unspecified atom stereocenters. The summed E-state index contributed by atoms with van der Waals surface area (Å²) in [5, 5.41) is 9.06. The lowest BCUT2D eigenvalue weighted by Crippen LogP contribution is -2.30. The van der Waals surface area contributed by atoms with Gasteiger partial charge in [-0.2, -0.15) is 5.10 Å². The Morgan fingerprint density at radius 2 is 2.14 bits per heavy atom. The molecule has 4 heteroatoms. The van der Waals surface area contributed by atoms with Crippen LogP contribution in [-0.2, 0) is 6.54 Å². The molecule has 1 aliphatic rings. The molecule has 1 aliphatic heterocycles. The average molecular weight is 287 g/mol. The molecule has 0 aliphatic carbocycles. The number of hydrogen-bond acceptors (Lipinski definition) is 3. The number of hydrogen-bond donors (Lipinski definition) is 1. The van der Waals surface area contributed by atoms with Crippen LogP contribution in [0.2, 0.25) is 0 Å². The molecule has 21 heavy (non-hydrogen) atoms. The number of benzene rings is 1. The minimum atomic E-state index is 0.590. The molecular formula is C17H25N3O. The number of aromatic nitrogens is 2. The van der Waals surface area contributed by atoms with Crippen LogP contribution in [0.25, 0.3) is 10.9 Å². The van der Waals surface area contributed by atoms with E-state index in [1.807, 2.05) is 6.20 Å². The average Bonchev–Trinajstić information content (AvgIpc) is 2.88. The van der Waals surface area contributed by atoms with Crippen LogP contribution in [0, 0.1) is 11.8 Å². The summed E-state index contributed by atoms with van der Waals surface area (Å²) in [5.74, 6) is 2.24. The van der Waals surface area contributed by atoms with E-state index in [0.717, 1.165) is 32.0 Å². The Morgan fingerprint density at radius 1 is 1.33 bits per heavy atom. The smallest absolute Gasteiger partial charge is 0.121 e. The van der Waals surface area contributed by atoms with Crippen LogP contribution < -0.4 is 10.1 Å². The summed E-state index contributed by atoms with van der Waals surface area (Å²) in [7, 11) is 0. The predicted octanol–water partition coefficient (Wildman–Crippen LogP) is 3.07. The Morgan fingerprint density at radius 3 is 2.90 bits per heavy atom. The van der Waals surface area contributed by atoms with Gasteiger partial charge in [0.2, 0.25) is 0 Å². The molecule has 0 radical (unpaired) electrons. The Labute approximate surface area is 126 Å². The van der Waals surface area contributed by atoms with Gasteiger partial charge in [0.1, 0.15) is 5.75 Å². The van der Waals surface area contributed by atoms with E-state index in [2.05, 4.69) is 47.1 Å². The van der Waals surface area contributed by atoms with Gasteiger partial charge < -0.3 is 10.1 Å². The Bertz CT molecular complexity index is 585. The largest absolute Gasteiger partial charge is 0.493 e. The van der Waals surface area contributed by atoms with E-state index in [4.69, 9.17) is 4.74 Å². The van der Waals surface area contributed by atoms with E-state index in [1.54, 1.807) is 0 Å². The third kappa shape index (κ3) is 3.56. The van der Waals surface area contributed by atoms with Crippen molar-refractivity contribution in [2.45, 2.75) is 33.2 Å². The van der Waals surface area contributed by atoms with Gasteiger partial charge in [-0.05, 0) is 49.9 Å². The summed E-state index contributed by atoms with van der Waals surface area (Å²) >= 11 is 0. The Kier molecular flexibility index (Phi) is 4.44. The molecule has 1 aromatic heterocycles. The topological polar surface area (TPSA) is 39.1 Å². The summed E-state index contributed by atoms with van der Waals surface area (Å²) in [5.41, 5.74) is 1.17. The molecule has 1 saturated heterocycles. The van der Waals surface area contributed by atoms with Gasteiger partial charge in [-0.3, -0.25) is 4.68 Å². The van der Waals surface area contributed by atoms with Crippen LogP contribution in [0.3, 0.4) is 0 Å². The molecule has 3 rings (SSSR count). The van der Waals surface area contributed by atoms with Crippen molar-refractivity contribution in [3.8, 4) is 5.75 Å². The van der Waals surface area contributed by atoms with E-state index in [1.165, 1.54) is 23.7 Å². The van der Waals surface area contributed by atoms with E-state index in [9.17, 15) is 0 Å². The van der Waals surface area contributed by atoms with Gasteiger partial charge in [0.05, 0.1) is 18.3 Å². The number of fused-ring (bicyclic) bond motifs is 1. The van der Waals surface area contributed by atoms with Crippen molar-refractivity contribution >= 4 is 10.9 Å². The fourth-order valence-corrected chi connectivity index (χ4v) is 2.89. The molecule has 1 fully saturated rings. The maximum absolute atomic E-state index is 6.01. The second-order valence-electron chi connectivity index (χ2n) is 6.45. The highest BCUT2D eigenvalue weighted by Crippen LogP contribution is 2.23. The highest BCUT2D eigenvalue weighted by Gasteiger charge is 2.14. The van der Waals surface area contributed by atoms with E-state index < -0.39 is 0 Å². The van der Waals surface area contributed by atoms with E-state index in [0.29, 0.717) is 11.8 Å². The maximum Gasteiger partial charge on any atom is 0.121 e. The fourth-order valence-electron chi connectivity index (χ4n) is 2.89. The van der Waals surface area contributed by atoms with Gasteiger partial charge in [-0.25, -0.2) is 0 Å². The molecule has 0 spiro atoms. The Hall–Kier alpha value is -1.55. The van der Waals surface area contributed by atoms with Crippen molar-refractivity contribution in [1.82, 2.24) is 15.1 Å². The molecule has 2 heterocycles. The van der Waals surface area contributed by atoms with Crippen molar-refractivity contribution in [3.05, 3.63) is 24.4 Å². The molecule has 2 aromatic rings. The number of nitrogens with zero attached hydrogens (tertiary/aromatic N) is 2. The van der Waals surface area contributed by atoms with Crippen molar-refractivity contribution in [2.24, 2.45) is 11.8 Å². The zero-order chi connectivity index (χ0) is 14.7. The molecule has 0 atom stereocenters. The third-order valence-corrected chi connectivity index (χ3v) is 4.10. The Balaban J connectivity index is 1.70. The van der Waals surface area contributed by atoms with Crippen molar-refractivity contribution in [3.63, 3.8) is 0 Å². The highest BCUT2D eigenvalue weighted by molar-refractivity contribution is 5.80. The summed E-state index contributed by atoms with van der Waals surface area (Å²) in [6.45, 7) is 8.44. The van der Waals surface area contributed by atoms with Crippen molar-refractivity contribution in [1.29, 1.82) is 0 Å². The second kappa shape index (κ2) is 6.48. The molecule has 0 bridgehead atoms.